The van der Waals surface area contributed by atoms with Crippen LogP contribution in [-0.2, 0) is 21.3 Å². The number of halogens is 1. The Morgan fingerprint density at radius 1 is 1.20 bits per heavy atom. The zero-order chi connectivity index (χ0) is 17.8. The molecule has 0 aromatic carbocycles. The Labute approximate surface area is 173 Å². The van der Waals surface area contributed by atoms with Crippen LogP contribution in [0.15, 0.2) is 10.4 Å². The van der Waals surface area contributed by atoms with Crippen molar-refractivity contribution >= 4 is 41.3 Å². The zero-order valence-electron chi connectivity index (χ0n) is 16.1. The number of aromatic nitrogens is 1. The van der Waals surface area contributed by atoms with Gasteiger partial charge in [-0.2, -0.15) is 0 Å². The molecule has 1 rings (SSSR count). The predicted octanol–water partition coefficient (Wildman–Crippen LogP) is 2.82. The van der Waals surface area contributed by atoms with Gasteiger partial charge in [-0.15, -0.1) is 35.3 Å². The fourth-order valence-corrected chi connectivity index (χ4v) is 2.93. The van der Waals surface area contributed by atoms with Crippen LogP contribution < -0.4 is 10.6 Å². The summed E-state index contributed by atoms with van der Waals surface area (Å²) in [6.45, 7) is 10.2. The van der Waals surface area contributed by atoms with E-state index in [4.69, 9.17) is 14.5 Å². The Hall–Kier alpha value is -0.450. The monoisotopic (exact) mass is 484 g/mol. The summed E-state index contributed by atoms with van der Waals surface area (Å²) >= 11 is 1.73. The van der Waals surface area contributed by atoms with E-state index in [0.29, 0.717) is 13.2 Å². The van der Waals surface area contributed by atoms with E-state index in [2.05, 4.69) is 41.8 Å². The largest absolute Gasteiger partial charge is 0.382 e. The Bertz CT molecular complexity index is 489. The number of hydrogen-bond donors (Lipinski definition) is 2. The molecular formula is C17H33IN4O2S. The van der Waals surface area contributed by atoms with Gasteiger partial charge >= 0.3 is 0 Å². The number of guanidine groups is 1. The Morgan fingerprint density at radius 2 is 1.92 bits per heavy atom. The highest BCUT2D eigenvalue weighted by molar-refractivity contribution is 14.0. The van der Waals surface area contributed by atoms with Crippen molar-refractivity contribution < 1.29 is 9.47 Å². The molecule has 1 aromatic heterocycles. The Morgan fingerprint density at radius 3 is 2.52 bits per heavy atom. The van der Waals surface area contributed by atoms with Gasteiger partial charge in [0.25, 0.3) is 0 Å². The maximum absolute atomic E-state index is 5.43. The van der Waals surface area contributed by atoms with E-state index >= 15 is 0 Å². The van der Waals surface area contributed by atoms with Crippen LogP contribution in [0.25, 0.3) is 0 Å². The molecule has 146 valence electrons. The van der Waals surface area contributed by atoms with E-state index in [1.165, 1.54) is 5.69 Å². The molecule has 0 radical (unpaired) electrons. The molecule has 0 aliphatic rings. The molecule has 0 aliphatic carbocycles. The summed E-state index contributed by atoms with van der Waals surface area (Å²) in [4.78, 5) is 8.93. The molecule has 0 fully saturated rings. The fourth-order valence-electron chi connectivity index (χ4n) is 1.90. The first-order valence-electron chi connectivity index (χ1n) is 8.43. The van der Waals surface area contributed by atoms with Crippen LogP contribution in [-0.4, -0.2) is 58.0 Å². The normalized spacial score (nSPS) is 12.0. The summed E-state index contributed by atoms with van der Waals surface area (Å²) in [5, 5.41) is 9.93. The second kappa shape index (κ2) is 13.7. The number of ether oxygens (including phenoxy) is 2. The first kappa shape index (κ1) is 24.6. The molecule has 0 aliphatic heterocycles. The molecule has 25 heavy (non-hydrogen) atoms. The quantitative estimate of drug-likeness (QED) is 0.232. The molecule has 0 spiro atoms. The van der Waals surface area contributed by atoms with Crippen LogP contribution in [0.4, 0.5) is 0 Å². The van der Waals surface area contributed by atoms with E-state index in [1.807, 2.05) is 0 Å². The highest BCUT2D eigenvalue weighted by Gasteiger charge is 2.17. The van der Waals surface area contributed by atoms with Crippen LogP contribution in [0.5, 0.6) is 0 Å². The summed E-state index contributed by atoms with van der Waals surface area (Å²) in [5.41, 5.74) is 1.28. The van der Waals surface area contributed by atoms with Gasteiger partial charge < -0.3 is 20.1 Å². The lowest BCUT2D eigenvalue weighted by molar-refractivity contribution is 0.0698. The number of thiazole rings is 1. The molecule has 2 N–H and O–H groups in total. The van der Waals surface area contributed by atoms with Gasteiger partial charge in [0.15, 0.2) is 5.96 Å². The van der Waals surface area contributed by atoms with Crippen LogP contribution in [0, 0.1) is 0 Å². The van der Waals surface area contributed by atoms with Gasteiger partial charge in [-0.25, -0.2) is 4.98 Å². The number of nitrogens with one attached hydrogen (secondary N) is 2. The molecule has 6 nitrogen and oxygen atoms in total. The van der Waals surface area contributed by atoms with Gasteiger partial charge in [-0.3, -0.25) is 4.99 Å². The number of methoxy groups -OCH3 is 1. The van der Waals surface area contributed by atoms with Crippen molar-refractivity contribution in [2.75, 3.05) is 47.1 Å². The molecule has 8 heteroatoms. The van der Waals surface area contributed by atoms with Crippen molar-refractivity contribution in [2.45, 2.75) is 39.0 Å². The van der Waals surface area contributed by atoms with Gasteiger partial charge in [0.05, 0.1) is 23.9 Å². The standard InChI is InChI=1S/C17H32N4O2S.HI/c1-17(2,3)14-13-24-15(21-14)7-9-20-16(18-4)19-8-6-10-23-12-11-22-5;/h13H,6-12H2,1-5H3,(H2,18,19,20);1H. The molecular weight excluding hydrogens is 451 g/mol. The molecule has 0 unspecified atom stereocenters. The van der Waals surface area contributed by atoms with Gasteiger partial charge in [-0.1, -0.05) is 20.8 Å². The molecule has 0 bridgehead atoms. The lowest BCUT2D eigenvalue weighted by Gasteiger charge is -2.14. The molecule has 0 saturated heterocycles. The molecule has 1 heterocycles. The third-order valence-electron chi connectivity index (χ3n) is 3.36. The van der Waals surface area contributed by atoms with Crippen LogP contribution in [0.3, 0.4) is 0 Å². The van der Waals surface area contributed by atoms with Crippen LogP contribution >= 0.6 is 35.3 Å². The van der Waals surface area contributed by atoms with Crippen LogP contribution in [0.1, 0.15) is 37.9 Å². The van der Waals surface area contributed by atoms with Crippen molar-refractivity contribution in [2.24, 2.45) is 4.99 Å². The minimum atomic E-state index is 0. The minimum Gasteiger partial charge on any atom is -0.382 e. The van der Waals surface area contributed by atoms with Crippen molar-refractivity contribution in [3.63, 3.8) is 0 Å². The molecule has 0 saturated carbocycles. The first-order chi connectivity index (χ1) is 11.5. The lowest BCUT2D eigenvalue weighted by atomic mass is 9.93. The van der Waals surface area contributed by atoms with Crippen molar-refractivity contribution in [1.29, 1.82) is 0 Å². The van der Waals surface area contributed by atoms with Gasteiger partial charge in [0.1, 0.15) is 0 Å². The highest BCUT2D eigenvalue weighted by Crippen LogP contribution is 2.23. The third kappa shape index (κ3) is 11.0. The summed E-state index contributed by atoms with van der Waals surface area (Å²) in [7, 11) is 3.46. The third-order valence-corrected chi connectivity index (χ3v) is 4.27. The second-order valence-electron chi connectivity index (χ2n) is 6.51. The van der Waals surface area contributed by atoms with E-state index in [0.717, 1.165) is 43.5 Å². The maximum Gasteiger partial charge on any atom is 0.190 e. The molecule has 1 aromatic rings. The zero-order valence-corrected chi connectivity index (χ0v) is 19.2. The van der Waals surface area contributed by atoms with Crippen molar-refractivity contribution in [3.05, 3.63) is 16.1 Å². The van der Waals surface area contributed by atoms with E-state index in [1.54, 1.807) is 25.5 Å². The predicted molar refractivity (Wildman–Crippen MR) is 117 cm³/mol. The van der Waals surface area contributed by atoms with E-state index < -0.39 is 0 Å². The summed E-state index contributed by atoms with van der Waals surface area (Å²) in [6, 6.07) is 0. The van der Waals surface area contributed by atoms with E-state index in [9.17, 15) is 0 Å². The van der Waals surface area contributed by atoms with Gasteiger partial charge in [0, 0.05) is 51.1 Å². The maximum atomic E-state index is 5.43. The van der Waals surface area contributed by atoms with Crippen molar-refractivity contribution in [1.82, 2.24) is 15.6 Å². The number of aliphatic imine (C=N–C) groups is 1. The number of rotatable bonds is 10. The Balaban J connectivity index is 0.00000576. The summed E-state index contributed by atoms with van der Waals surface area (Å²) in [6.07, 6.45) is 1.84. The Kier molecular flexibility index (Phi) is 13.5. The smallest absolute Gasteiger partial charge is 0.190 e. The minimum absolute atomic E-state index is 0. The summed E-state index contributed by atoms with van der Waals surface area (Å²) < 4.78 is 10.4. The topological polar surface area (TPSA) is 67.8 Å². The van der Waals surface area contributed by atoms with Gasteiger partial charge in [0.2, 0.25) is 0 Å². The second-order valence-corrected chi connectivity index (χ2v) is 7.45. The number of hydrogen-bond acceptors (Lipinski definition) is 5. The fraction of sp³-hybridized carbons (Fsp3) is 0.765. The first-order valence-corrected chi connectivity index (χ1v) is 9.31. The lowest BCUT2D eigenvalue weighted by Crippen LogP contribution is -2.39. The average Bonchev–Trinajstić information content (AvgIpc) is 3.01. The van der Waals surface area contributed by atoms with Crippen molar-refractivity contribution in [3.8, 4) is 0 Å². The summed E-state index contributed by atoms with van der Waals surface area (Å²) in [5.74, 6) is 0.819. The number of nitrogens with zero attached hydrogens (tertiary/aromatic N) is 2. The molecule has 0 amide bonds. The highest BCUT2D eigenvalue weighted by atomic mass is 127. The van der Waals surface area contributed by atoms with Gasteiger partial charge in [-0.05, 0) is 6.42 Å². The average molecular weight is 484 g/mol. The van der Waals surface area contributed by atoms with Crippen LogP contribution in [0.2, 0.25) is 0 Å². The molecule has 0 atom stereocenters. The SMILES string of the molecule is CN=C(NCCCOCCOC)NCCc1nc(C(C)(C)C)cs1.I. The van der Waals surface area contributed by atoms with E-state index in [-0.39, 0.29) is 29.4 Å².